The number of Topliss-reactive ketones (excluding diaryl/α,β-unsaturated/α-hetero) is 1. The molecule has 1 aliphatic carbocycles. The van der Waals surface area contributed by atoms with Gasteiger partial charge in [-0.2, -0.15) is 0 Å². The number of carbonyl (C=O) groups is 3. The van der Waals surface area contributed by atoms with Crippen LogP contribution in [0.1, 0.15) is 42.7 Å². The summed E-state index contributed by atoms with van der Waals surface area (Å²) in [7, 11) is 1.57. The van der Waals surface area contributed by atoms with E-state index >= 15 is 0 Å². The van der Waals surface area contributed by atoms with Crippen molar-refractivity contribution in [1.29, 1.82) is 0 Å². The molecule has 1 amide bonds. The van der Waals surface area contributed by atoms with E-state index in [0.717, 1.165) is 11.1 Å². The zero-order valence-electron chi connectivity index (χ0n) is 17.6. The van der Waals surface area contributed by atoms with E-state index in [9.17, 15) is 14.4 Å². The average Bonchev–Trinajstić information content (AvgIpc) is 2.79. The van der Waals surface area contributed by atoms with Gasteiger partial charge in [0, 0.05) is 29.5 Å². The maximum Gasteiger partial charge on any atom is 0.317 e. The molecule has 0 unspecified atom stereocenters. The van der Waals surface area contributed by atoms with Crippen LogP contribution in [-0.4, -0.2) is 31.4 Å². The summed E-state index contributed by atoms with van der Waals surface area (Å²) in [4.78, 5) is 39.2. The Labute approximate surface area is 181 Å². The predicted octanol–water partition coefficient (Wildman–Crippen LogP) is 3.49. The van der Waals surface area contributed by atoms with Gasteiger partial charge in [0.15, 0.2) is 5.78 Å². The van der Waals surface area contributed by atoms with Crippen molar-refractivity contribution in [3.05, 3.63) is 77.0 Å². The number of ether oxygens (including phenoxy) is 2. The molecule has 0 spiro atoms. The molecular formula is C25H25NO5. The SMILES string of the molecule is CCOC(=O)[C@H]1C(=O)C2=C(C[C@@H]1c1ccccc1)NC(=O)C[C@@H]2c1cccc(OC)c1. The van der Waals surface area contributed by atoms with Crippen LogP contribution in [0.15, 0.2) is 65.9 Å². The van der Waals surface area contributed by atoms with Gasteiger partial charge < -0.3 is 14.8 Å². The summed E-state index contributed by atoms with van der Waals surface area (Å²) in [5.41, 5.74) is 2.79. The monoisotopic (exact) mass is 419 g/mol. The van der Waals surface area contributed by atoms with Crippen molar-refractivity contribution >= 4 is 17.7 Å². The number of rotatable bonds is 5. The van der Waals surface area contributed by atoms with Crippen molar-refractivity contribution in [2.24, 2.45) is 5.92 Å². The van der Waals surface area contributed by atoms with Gasteiger partial charge in [-0.25, -0.2) is 0 Å². The van der Waals surface area contributed by atoms with Crippen molar-refractivity contribution in [3.8, 4) is 5.75 Å². The summed E-state index contributed by atoms with van der Waals surface area (Å²) in [6, 6.07) is 16.8. The fourth-order valence-electron chi connectivity index (χ4n) is 4.61. The molecule has 0 bridgehead atoms. The van der Waals surface area contributed by atoms with Gasteiger partial charge in [-0.15, -0.1) is 0 Å². The van der Waals surface area contributed by atoms with Crippen molar-refractivity contribution in [2.45, 2.75) is 31.6 Å². The fraction of sp³-hybridized carbons (Fsp3) is 0.320. The second-order valence-corrected chi connectivity index (χ2v) is 7.79. The van der Waals surface area contributed by atoms with Gasteiger partial charge in [0.05, 0.1) is 13.7 Å². The molecule has 6 nitrogen and oxygen atoms in total. The molecule has 0 radical (unpaired) electrons. The minimum absolute atomic E-state index is 0.138. The minimum Gasteiger partial charge on any atom is -0.497 e. The first-order valence-corrected chi connectivity index (χ1v) is 10.5. The third kappa shape index (κ3) is 3.98. The number of hydrogen-bond acceptors (Lipinski definition) is 5. The van der Waals surface area contributed by atoms with Crippen LogP contribution in [0.25, 0.3) is 0 Å². The van der Waals surface area contributed by atoms with Crippen molar-refractivity contribution in [2.75, 3.05) is 13.7 Å². The molecule has 1 N–H and O–H groups in total. The molecule has 0 aromatic heterocycles. The summed E-state index contributed by atoms with van der Waals surface area (Å²) in [5.74, 6) is -2.05. The standard InChI is InChI=1S/C25H25NO5/c1-3-31-25(29)23-18(15-8-5-4-6-9-15)13-20-22(24(23)28)19(14-21(27)26-20)16-10-7-11-17(12-16)30-2/h4-12,18-19,23H,3,13-14H2,1-2H3,(H,26,27)/t18-,19-,23-/m1/s1. The maximum atomic E-state index is 13.8. The highest BCUT2D eigenvalue weighted by molar-refractivity contribution is 6.12. The maximum absolute atomic E-state index is 13.8. The van der Waals surface area contributed by atoms with Crippen LogP contribution in [0.5, 0.6) is 5.75 Å². The molecule has 1 heterocycles. The Balaban J connectivity index is 1.82. The van der Waals surface area contributed by atoms with E-state index in [4.69, 9.17) is 9.47 Å². The molecule has 0 saturated heterocycles. The molecule has 4 rings (SSSR count). The van der Waals surface area contributed by atoms with E-state index in [-0.39, 0.29) is 24.7 Å². The molecule has 1 aliphatic heterocycles. The zero-order chi connectivity index (χ0) is 22.0. The van der Waals surface area contributed by atoms with E-state index in [1.807, 2.05) is 54.6 Å². The second-order valence-electron chi connectivity index (χ2n) is 7.79. The number of allylic oxidation sites excluding steroid dienone is 2. The van der Waals surface area contributed by atoms with Crippen molar-refractivity contribution in [3.63, 3.8) is 0 Å². The Morgan fingerprint density at radius 3 is 2.48 bits per heavy atom. The predicted molar refractivity (Wildman–Crippen MR) is 114 cm³/mol. The van der Waals surface area contributed by atoms with E-state index in [2.05, 4.69) is 5.32 Å². The molecule has 160 valence electrons. The van der Waals surface area contributed by atoms with Gasteiger partial charge in [0.25, 0.3) is 0 Å². The van der Waals surface area contributed by atoms with Crippen LogP contribution >= 0.6 is 0 Å². The smallest absolute Gasteiger partial charge is 0.317 e. The minimum atomic E-state index is -0.941. The number of methoxy groups -OCH3 is 1. The lowest BCUT2D eigenvalue weighted by Gasteiger charge is -2.38. The number of ketones is 1. The topological polar surface area (TPSA) is 81.7 Å². The highest BCUT2D eigenvalue weighted by Crippen LogP contribution is 2.46. The normalized spacial score (nSPS) is 23.1. The number of nitrogens with one attached hydrogen (secondary N) is 1. The lowest BCUT2D eigenvalue weighted by Crippen LogP contribution is -2.44. The highest BCUT2D eigenvalue weighted by Gasteiger charge is 2.47. The lowest BCUT2D eigenvalue weighted by atomic mass is 9.68. The summed E-state index contributed by atoms with van der Waals surface area (Å²) >= 11 is 0. The Kier molecular flexibility index (Phi) is 5.89. The molecule has 0 saturated carbocycles. The number of esters is 1. The molecule has 3 atom stereocenters. The largest absolute Gasteiger partial charge is 0.497 e. The zero-order valence-corrected chi connectivity index (χ0v) is 17.6. The summed E-state index contributed by atoms with van der Waals surface area (Å²) in [5, 5.41) is 2.90. The molecule has 31 heavy (non-hydrogen) atoms. The van der Waals surface area contributed by atoms with E-state index < -0.39 is 23.7 Å². The number of benzene rings is 2. The van der Waals surface area contributed by atoms with Gasteiger partial charge in [0.2, 0.25) is 5.91 Å². The lowest BCUT2D eigenvalue weighted by molar-refractivity contribution is -0.152. The fourth-order valence-corrected chi connectivity index (χ4v) is 4.61. The van der Waals surface area contributed by atoms with Gasteiger partial charge in [-0.1, -0.05) is 42.5 Å². The van der Waals surface area contributed by atoms with E-state index in [1.165, 1.54) is 0 Å². The van der Waals surface area contributed by atoms with Crippen LogP contribution in [0.3, 0.4) is 0 Å². The molecular weight excluding hydrogens is 394 g/mol. The van der Waals surface area contributed by atoms with Gasteiger partial charge in [-0.05, 0) is 36.6 Å². The number of carbonyl (C=O) groups excluding carboxylic acids is 3. The summed E-state index contributed by atoms with van der Waals surface area (Å²) in [6.07, 6.45) is 0.532. The van der Waals surface area contributed by atoms with E-state index in [1.54, 1.807) is 14.0 Å². The number of amides is 1. The van der Waals surface area contributed by atoms with Gasteiger partial charge >= 0.3 is 5.97 Å². The number of hydrogen-bond donors (Lipinski definition) is 1. The first-order chi connectivity index (χ1) is 15.0. The summed E-state index contributed by atoms with van der Waals surface area (Å²) in [6.45, 7) is 1.93. The van der Waals surface area contributed by atoms with Gasteiger partial charge in [0.1, 0.15) is 11.7 Å². The van der Waals surface area contributed by atoms with Crippen LogP contribution < -0.4 is 10.1 Å². The first-order valence-electron chi connectivity index (χ1n) is 10.5. The highest BCUT2D eigenvalue weighted by atomic mass is 16.5. The molecule has 6 heteroatoms. The Morgan fingerprint density at radius 1 is 1.03 bits per heavy atom. The summed E-state index contributed by atoms with van der Waals surface area (Å²) < 4.78 is 10.6. The first kappa shape index (κ1) is 20.8. The molecule has 2 aromatic carbocycles. The van der Waals surface area contributed by atoms with Crippen molar-refractivity contribution in [1.82, 2.24) is 5.32 Å². The van der Waals surface area contributed by atoms with Crippen LogP contribution in [0.2, 0.25) is 0 Å². The average molecular weight is 419 g/mol. The Bertz CT molecular complexity index is 1040. The Morgan fingerprint density at radius 2 is 1.77 bits per heavy atom. The second kappa shape index (κ2) is 8.76. The third-order valence-electron chi connectivity index (χ3n) is 5.99. The molecule has 0 fully saturated rings. The van der Waals surface area contributed by atoms with Crippen LogP contribution in [-0.2, 0) is 19.1 Å². The van der Waals surface area contributed by atoms with E-state index in [0.29, 0.717) is 23.4 Å². The Hall–Kier alpha value is -3.41. The van der Waals surface area contributed by atoms with Crippen molar-refractivity contribution < 1.29 is 23.9 Å². The quantitative estimate of drug-likeness (QED) is 0.593. The van der Waals surface area contributed by atoms with Gasteiger partial charge in [-0.3, -0.25) is 14.4 Å². The van der Waals surface area contributed by atoms with Crippen LogP contribution in [0.4, 0.5) is 0 Å². The third-order valence-corrected chi connectivity index (χ3v) is 5.99. The van der Waals surface area contributed by atoms with Crippen LogP contribution in [0, 0.1) is 5.92 Å². The molecule has 2 aliphatic rings. The molecule has 2 aromatic rings.